The Morgan fingerprint density at radius 2 is 1.90 bits per heavy atom. The second kappa shape index (κ2) is 8.69. The lowest BCUT2D eigenvalue weighted by Gasteiger charge is -2.40. The van der Waals surface area contributed by atoms with Crippen molar-refractivity contribution in [3.63, 3.8) is 0 Å². The third kappa shape index (κ3) is 4.37. The van der Waals surface area contributed by atoms with E-state index >= 15 is 0 Å². The summed E-state index contributed by atoms with van der Waals surface area (Å²) in [7, 11) is 1.60. The minimum absolute atomic E-state index is 0.171. The summed E-state index contributed by atoms with van der Waals surface area (Å²) in [5.41, 5.74) is 0.347. The van der Waals surface area contributed by atoms with Gasteiger partial charge in [-0.15, -0.1) is 0 Å². The van der Waals surface area contributed by atoms with E-state index in [0.717, 1.165) is 12.0 Å². The van der Waals surface area contributed by atoms with E-state index in [0.29, 0.717) is 24.7 Å². The maximum atomic E-state index is 13.0. The minimum atomic E-state index is -1.11. The number of amides is 3. The van der Waals surface area contributed by atoms with Crippen LogP contribution in [0.15, 0.2) is 36.4 Å². The second-order valence-electron chi connectivity index (χ2n) is 8.32. The van der Waals surface area contributed by atoms with Crippen molar-refractivity contribution in [1.29, 1.82) is 0 Å². The van der Waals surface area contributed by atoms with Crippen molar-refractivity contribution in [2.45, 2.75) is 45.8 Å². The van der Waals surface area contributed by atoms with Gasteiger partial charge in [-0.2, -0.15) is 5.10 Å². The number of benzene rings is 1. The molecular weight excluding hydrogens is 382 g/mol. The molecule has 1 aliphatic heterocycles. The number of hydrogen-bond acceptors (Lipinski definition) is 4. The molecule has 0 bridgehead atoms. The Bertz CT molecular complexity index is 938. The molecule has 1 aromatic heterocycles. The van der Waals surface area contributed by atoms with E-state index in [2.05, 4.69) is 29.6 Å². The van der Waals surface area contributed by atoms with Gasteiger partial charge in [-0.1, -0.05) is 44.2 Å². The normalized spacial score (nSPS) is 18.3. The van der Waals surface area contributed by atoms with Crippen LogP contribution in [0.5, 0.6) is 0 Å². The zero-order valence-corrected chi connectivity index (χ0v) is 17.9. The molecule has 0 radical (unpaired) electrons. The Kier molecular flexibility index (Phi) is 6.24. The van der Waals surface area contributed by atoms with Crippen LogP contribution >= 0.6 is 0 Å². The summed E-state index contributed by atoms with van der Waals surface area (Å²) in [5.74, 6) is -0.451. The Hall–Kier alpha value is -3.16. The summed E-state index contributed by atoms with van der Waals surface area (Å²) in [6.45, 7) is 6.96. The first-order valence-corrected chi connectivity index (χ1v) is 10.2. The molecule has 1 aromatic carbocycles. The van der Waals surface area contributed by atoms with Gasteiger partial charge in [0.05, 0.1) is 6.54 Å². The zero-order valence-electron chi connectivity index (χ0n) is 17.9. The number of nitrogens with zero attached hydrogens (tertiary/aromatic N) is 3. The highest BCUT2D eigenvalue weighted by atomic mass is 16.2. The molecule has 0 spiro atoms. The fraction of sp³-hybridized carbons (Fsp3) is 0.455. The molecule has 160 valence electrons. The maximum absolute atomic E-state index is 13.0. The lowest BCUT2D eigenvalue weighted by Crippen LogP contribution is -2.62. The molecule has 1 atom stereocenters. The number of hydrogen-bond donors (Lipinski definition) is 2. The highest BCUT2D eigenvalue weighted by Crippen LogP contribution is 2.26. The van der Waals surface area contributed by atoms with Crippen molar-refractivity contribution in [1.82, 2.24) is 25.3 Å². The topological polar surface area (TPSA) is 96.3 Å². The smallest absolute Gasteiger partial charge is 0.272 e. The van der Waals surface area contributed by atoms with Gasteiger partial charge in [0.15, 0.2) is 5.69 Å². The number of nitrogens with one attached hydrogen (secondary N) is 2. The zero-order chi connectivity index (χ0) is 21.9. The standard InChI is InChI=1S/C22H29N5O3/c1-15(2)10-11-23-19(28)17-12-18-20(29)26(4)22(3,14-27(18)25-17)21(30)24-13-16-8-6-5-7-9-16/h5-9,12,15H,10-11,13-14H2,1-4H3,(H,23,28)(H,24,30)/t22-/m0/s1. The number of aromatic nitrogens is 2. The molecule has 2 heterocycles. The first kappa shape index (κ1) is 21.5. The predicted octanol–water partition coefficient (Wildman–Crippen LogP) is 1.82. The quantitative estimate of drug-likeness (QED) is 0.726. The molecule has 0 unspecified atom stereocenters. The van der Waals surface area contributed by atoms with Crippen molar-refractivity contribution >= 4 is 17.7 Å². The third-order valence-corrected chi connectivity index (χ3v) is 5.53. The van der Waals surface area contributed by atoms with Gasteiger partial charge >= 0.3 is 0 Å². The number of likely N-dealkylation sites (N-methyl/N-ethyl adjacent to an activating group) is 1. The van der Waals surface area contributed by atoms with Crippen LogP contribution in [0, 0.1) is 5.92 Å². The molecule has 8 nitrogen and oxygen atoms in total. The molecule has 3 rings (SSSR count). The maximum Gasteiger partial charge on any atom is 0.272 e. The summed E-state index contributed by atoms with van der Waals surface area (Å²) < 4.78 is 1.46. The van der Waals surface area contributed by atoms with Crippen LogP contribution in [0.4, 0.5) is 0 Å². The fourth-order valence-corrected chi connectivity index (χ4v) is 3.37. The van der Waals surface area contributed by atoms with E-state index < -0.39 is 5.54 Å². The fourth-order valence-electron chi connectivity index (χ4n) is 3.37. The lowest BCUT2D eigenvalue weighted by molar-refractivity contribution is -0.132. The van der Waals surface area contributed by atoms with Crippen LogP contribution in [0.3, 0.4) is 0 Å². The van der Waals surface area contributed by atoms with E-state index in [1.165, 1.54) is 15.6 Å². The van der Waals surface area contributed by atoms with Crippen LogP contribution in [-0.2, 0) is 17.9 Å². The van der Waals surface area contributed by atoms with E-state index in [1.807, 2.05) is 30.3 Å². The van der Waals surface area contributed by atoms with Crippen LogP contribution in [0.1, 0.15) is 53.7 Å². The molecular formula is C22H29N5O3. The second-order valence-corrected chi connectivity index (χ2v) is 8.32. The molecule has 8 heteroatoms. The van der Waals surface area contributed by atoms with Gasteiger partial charge in [-0.3, -0.25) is 19.1 Å². The predicted molar refractivity (Wildman–Crippen MR) is 113 cm³/mol. The average molecular weight is 412 g/mol. The molecule has 0 saturated heterocycles. The van der Waals surface area contributed by atoms with Gasteiger partial charge in [0.25, 0.3) is 11.8 Å². The Balaban J connectivity index is 1.73. The van der Waals surface area contributed by atoms with Gasteiger partial charge in [0.1, 0.15) is 11.2 Å². The highest BCUT2D eigenvalue weighted by molar-refractivity contribution is 6.01. The number of fused-ring (bicyclic) bond motifs is 1. The Labute approximate surface area is 176 Å². The van der Waals surface area contributed by atoms with Crippen molar-refractivity contribution in [2.75, 3.05) is 13.6 Å². The monoisotopic (exact) mass is 411 g/mol. The van der Waals surface area contributed by atoms with Gasteiger partial charge < -0.3 is 15.5 Å². The molecule has 30 heavy (non-hydrogen) atoms. The summed E-state index contributed by atoms with van der Waals surface area (Å²) in [4.78, 5) is 39.7. The third-order valence-electron chi connectivity index (χ3n) is 5.53. The van der Waals surface area contributed by atoms with Gasteiger partial charge in [0.2, 0.25) is 5.91 Å². The van der Waals surface area contributed by atoms with Crippen LogP contribution in [-0.4, -0.2) is 51.5 Å². The van der Waals surface area contributed by atoms with E-state index in [9.17, 15) is 14.4 Å². The summed E-state index contributed by atoms with van der Waals surface area (Å²) >= 11 is 0. The minimum Gasteiger partial charge on any atom is -0.351 e. The molecule has 2 aromatic rings. The Morgan fingerprint density at radius 3 is 2.57 bits per heavy atom. The van der Waals surface area contributed by atoms with Crippen molar-refractivity contribution < 1.29 is 14.4 Å². The summed E-state index contributed by atoms with van der Waals surface area (Å²) in [5, 5.41) is 10.0. The van der Waals surface area contributed by atoms with E-state index in [4.69, 9.17) is 0 Å². The van der Waals surface area contributed by atoms with Gasteiger partial charge in [-0.05, 0) is 24.8 Å². The van der Waals surface area contributed by atoms with E-state index in [1.54, 1.807) is 14.0 Å². The number of rotatable bonds is 7. The van der Waals surface area contributed by atoms with Crippen molar-refractivity contribution in [3.05, 3.63) is 53.3 Å². The SMILES string of the molecule is CC(C)CCNC(=O)c1cc2n(n1)C[C@@](C)(C(=O)NCc1ccccc1)N(C)C2=O. The molecule has 0 aliphatic carbocycles. The van der Waals surface area contributed by atoms with Gasteiger partial charge in [-0.25, -0.2) is 0 Å². The first-order valence-electron chi connectivity index (χ1n) is 10.2. The number of carbonyl (C=O) groups excluding carboxylic acids is 3. The molecule has 3 amide bonds. The number of carbonyl (C=O) groups is 3. The first-order chi connectivity index (χ1) is 14.2. The van der Waals surface area contributed by atoms with Crippen LogP contribution in [0.2, 0.25) is 0 Å². The molecule has 0 fully saturated rings. The summed E-state index contributed by atoms with van der Waals surface area (Å²) in [6, 6.07) is 11.1. The van der Waals surface area contributed by atoms with Crippen molar-refractivity contribution in [2.24, 2.45) is 5.92 Å². The average Bonchev–Trinajstić information content (AvgIpc) is 3.14. The van der Waals surface area contributed by atoms with E-state index in [-0.39, 0.29) is 30.0 Å². The van der Waals surface area contributed by atoms with Gasteiger partial charge in [0, 0.05) is 26.2 Å². The van der Waals surface area contributed by atoms with Crippen molar-refractivity contribution in [3.8, 4) is 0 Å². The molecule has 1 aliphatic rings. The highest BCUT2D eigenvalue weighted by Gasteiger charge is 2.46. The Morgan fingerprint density at radius 1 is 1.20 bits per heavy atom. The molecule has 0 saturated carbocycles. The molecule has 2 N–H and O–H groups in total. The lowest BCUT2D eigenvalue weighted by atomic mass is 9.96. The summed E-state index contributed by atoms with van der Waals surface area (Å²) in [6.07, 6.45) is 0.862. The van der Waals surface area contributed by atoms with Crippen LogP contribution < -0.4 is 10.6 Å². The van der Waals surface area contributed by atoms with Crippen LogP contribution in [0.25, 0.3) is 0 Å². The largest absolute Gasteiger partial charge is 0.351 e.